The van der Waals surface area contributed by atoms with Gasteiger partial charge in [0.25, 0.3) is 0 Å². The molecule has 41 heavy (non-hydrogen) atoms. The zero-order chi connectivity index (χ0) is 26.5. The molecule has 1 aliphatic carbocycles. The largest absolute Gasteiger partial charge is 4.00 e. The van der Waals surface area contributed by atoms with Gasteiger partial charge in [-0.1, -0.05) is 111 Å². The van der Waals surface area contributed by atoms with E-state index in [2.05, 4.69) is 130 Å². The molecular formula is C37H38Cl2SiZr. The van der Waals surface area contributed by atoms with Crippen LogP contribution in [0, 0.1) is 6.92 Å². The second-order valence-corrected chi connectivity index (χ2v) is 11.7. The summed E-state index contributed by atoms with van der Waals surface area (Å²) >= 11 is 0. The Bertz CT molecular complexity index is 1650. The molecule has 0 fully saturated rings. The van der Waals surface area contributed by atoms with Gasteiger partial charge in [-0.05, 0) is 36.1 Å². The van der Waals surface area contributed by atoms with Gasteiger partial charge in [-0.15, -0.1) is 57.9 Å². The third kappa shape index (κ3) is 8.11. The molecule has 0 N–H and O–H groups in total. The van der Waals surface area contributed by atoms with Crippen LogP contribution in [0.2, 0.25) is 13.1 Å². The maximum atomic E-state index is 2.46. The van der Waals surface area contributed by atoms with Crippen molar-refractivity contribution in [2.45, 2.75) is 58.5 Å². The van der Waals surface area contributed by atoms with E-state index in [1.54, 1.807) is 11.1 Å². The van der Waals surface area contributed by atoms with Crippen LogP contribution in [-0.2, 0) is 45.5 Å². The number of benzene rings is 4. The number of hydrogen-bond acceptors (Lipinski definition) is 0. The summed E-state index contributed by atoms with van der Waals surface area (Å²) in [5.41, 5.74) is 7.49. The van der Waals surface area contributed by atoms with Crippen LogP contribution in [0.4, 0.5) is 0 Å². The van der Waals surface area contributed by atoms with Gasteiger partial charge in [-0.2, -0.15) is 17.2 Å². The third-order valence-electron chi connectivity index (χ3n) is 7.84. The Morgan fingerprint density at radius 2 is 1.39 bits per heavy atom. The van der Waals surface area contributed by atoms with Gasteiger partial charge < -0.3 is 24.8 Å². The smallest absolute Gasteiger partial charge is 1.00 e. The Morgan fingerprint density at radius 1 is 0.756 bits per heavy atom. The fourth-order valence-electron chi connectivity index (χ4n) is 5.91. The van der Waals surface area contributed by atoms with E-state index in [9.17, 15) is 0 Å². The van der Waals surface area contributed by atoms with Gasteiger partial charge in [-0.3, -0.25) is 0 Å². The van der Waals surface area contributed by atoms with Crippen molar-refractivity contribution in [3.63, 3.8) is 0 Å². The first kappa shape index (κ1) is 35.2. The molecular weight excluding hydrogens is 635 g/mol. The minimum Gasteiger partial charge on any atom is -1.00 e. The van der Waals surface area contributed by atoms with Crippen LogP contribution < -0.4 is 24.8 Å². The quantitative estimate of drug-likeness (QED) is 0.196. The van der Waals surface area contributed by atoms with E-state index in [1.807, 2.05) is 0 Å². The molecule has 6 aromatic carbocycles. The topological polar surface area (TPSA) is 0 Å². The SMILES string of the molecule is CC(Cc1c[cH-]c2cc3c(cc12)CCC3)c1ccccc1.C[Si]C.Cc1c[cH-]c2ccc3ccccc3c12.[Cl-].[Cl-].[Zr+4]. The normalized spacial score (nSPS) is 12.1. The second-order valence-electron chi connectivity index (χ2n) is 10.7. The summed E-state index contributed by atoms with van der Waals surface area (Å²) < 4.78 is 0. The fraction of sp³-hybridized carbons (Fsp3) is 0.243. The summed E-state index contributed by atoms with van der Waals surface area (Å²) in [6.07, 6.45) is 5.00. The molecule has 0 aromatic heterocycles. The zero-order valence-corrected chi connectivity index (χ0v) is 29.4. The number of aryl methyl sites for hydroxylation is 3. The molecule has 0 aliphatic heterocycles. The standard InChI is InChI=1S/C21H21.C14H11.C2H6Si.2ClH.Zr/c1-15(16-6-3-2-4-7-16)12-19-10-11-20-13-17-8-5-9-18(17)14-21(19)20;1-10-6-7-12-9-8-11-4-2-3-5-13(11)14(10)12;1-3-2;;;/h2-4,6-7,10-11,13-15H,5,8-9,12H2,1H3;2-9H,1H3;1-2H3;2*1H;/q2*-1;;;;+4/p-2. The second kappa shape index (κ2) is 16.6. The molecule has 6 aromatic rings. The summed E-state index contributed by atoms with van der Waals surface area (Å²) in [6.45, 7) is 8.82. The predicted molar refractivity (Wildman–Crippen MR) is 169 cm³/mol. The van der Waals surface area contributed by atoms with E-state index in [0.29, 0.717) is 5.92 Å². The number of rotatable bonds is 3. The Kier molecular flexibility index (Phi) is 14.3. The van der Waals surface area contributed by atoms with Crippen molar-refractivity contribution in [3.05, 3.63) is 131 Å². The fourth-order valence-corrected chi connectivity index (χ4v) is 5.91. The molecule has 0 bridgehead atoms. The molecule has 0 heterocycles. The maximum Gasteiger partial charge on any atom is 4.00 e. The van der Waals surface area contributed by atoms with E-state index in [0.717, 1.165) is 15.9 Å². The summed E-state index contributed by atoms with van der Waals surface area (Å²) in [5, 5.41) is 8.37. The minimum atomic E-state index is 0. The molecule has 0 nitrogen and oxygen atoms in total. The molecule has 1 aliphatic rings. The number of hydrogen-bond donors (Lipinski definition) is 0. The maximum absolute atomic E-state index is 2.46. The first-order chi connectivity index (χ1) is 18.6. The Labute approximate surface area is 280 Å². The average molecular weight is 673 g/mol. The summed E-state index contributed by atoms with van der Waals surface area (Å²) in [6, 6.07) is 37.7. The van der Waals surface area contributed by atoms with Crippen molar-refractivity contribution in [2.75, 3.05) is 0 Å². The van der Waals surface area contributed by atoms with Crippen LogP contribution in [0.1, 0.15) is 47.1 Å². The van der Waals surface area contributed by atoms with E-state index >= 15 is 0 Å². The molecule has 2 radical (unpaired) electrons. The van der Waals surface area contributed by atoms with Crippen molar-refractivity contribution < 1.29 is 51.0 Å². The third-order valence-corrected chi connectivity index (χ3v) is 7.84. The molecule has 0 amide bonds. The Morgan fingerprint density at radius 3 is 2.12 bits per heavy atom. The number of fused-ring (bicyclic) bond motifs is 5. The van der Waals surface area contributed by atoms with Crippen molar-refractivity contribution in [1.82, 2.24) is 0 Å². The first-order valence-electron chi connectivity index (χ1n) is 14.0. The van der Waals surface area contributed by atoms with Crippen LogP contribution in [0.15, 0.2) is 103 Å². The monoisotopic (exact) mass is 670 g/mol. The van der Waals surface area contributed by atoms with Gasteiger partial charge in [0, 0.05) is 9.52 Å². The van der Waals surface area contributed by atoms with Gasteiger partial charge in [-0.25, -0.2) is 0 Å². The van der Waals surface area contributed by atoms with Gasteiger partial charge in [0.1, 0.15) is 0 Å². The predicted octanol–water partition coefficient (Wildman–Crippen LogP) is 4.21. The zero-order valence-electron chi connectivity index (χ0n) is 24.5. The van der Waals surface area contributed by atoms with Crippen molar-refractivity contribution in [2.24, 2.45) is 0 Å². The molecule has 0 saturated heterocycles. The van der Waals surface area contributed by atoms with Crippen LogP contribution in [0.25, 0.3) is 32.3 Å². The van der Waals surface area contributed by atoms with Crippen LogP contribution in [0.3, 0.4) is 0 Å². The number of halogens is 2. The minimum absolute atomic E-state index is 0. The van der Waals surface area contributed by atoms with Gasteiger partial charge in [0.2, 0.25) is 0 Å². The Balaban J connectivity index is 0.000000258. The van der Waals surface area contributed by atoms with Crippen molar-refractivity contribution in [3.8, 4) is 0 Å². The van der Waals surface area contributed by atoms with Gasteiger partial charge in [0.15, 0.2) is 0 Å². The molecule has 7 rings (SSSR count). The Hall–Kier alpha value is -1.96. The molecule has 0 spiro atoms. The van der Waals surface area contributed by atoms with Gasteiger partial charge in [0.05, 0.1) is 0 Å². The van der Waals surface area contributed by atoms with E-state index in [-0.39, 0.29) is 51.0 Å². The van der Waals surface area contributed by atoms with Crippen molar-refractivity contribution in [1.29, 1.82) is 0 Å². The first-order valence-corrected chi connectivity index (χ1v) is 16.0. The summed E-state index contributed by atoms with van der Waals surface area (Å²) in [5.74, 6) is 0.574. The van der Waals surface area contributed by atoms with Gasteiger partial charge >= 0.3 is 26.2 Å². The average Bonchev–Trinajstić information content (AvgIpc) is 3.67. The molecule has 208 valence electrons. The van der Waals surface area contributed by atoms with E-state index in [1.165, 1.54) is 68.3 Å². The molecule has 1 atom stereocenters. The summed E-state index contributed by atoms with van der Waals surface area (Å²) in [7, 11) is 1.08. The van der Waals surface area contributed by atoms with Crippen LogP contribution >= 0.6 is 0 Å². The van der Waals surface area contributed by atoms with Crippen molar-refractivity contribution >= 4 is 41.8 Å². The van der Waals surface area contributed by atoms with E-state index in [4.69, 9.17) is 0 Å². The van der Waals surface area contributed by atoms with Crippen LogP contribution in [-0.4, -0.2) is 9.52 Å². The molecule has 0 saturated carbocycles. The molecule has 1 unspecified atom stereocenters. The summed E-state index contributed by atoms with van der Waals surface area (Å²) in [4.78, 5) is 0. The van der Waals surface area contributed by atoms with E-state index < -0.39 is 0 Å². The molecule has 4 heteroatoms. The van der Waals surface area contributed by atoms with Crippen LogP contribution in [0.5, 0.6) is 0 Å².